The van der Waals surface area contributed by atoms with E-state index < -0.39 is 0 Å². The van der Waals surface area contributed by atoms with Gasteiger partial charge in [0.15, 0.2) is 0 Å². The zero-order valence-corrected chi connectivity index (χ0v) is 16.9. The molecular weight excluding hydrogens is 370 g/mol. The van der Waals surface area contributed by atoms with Crippen LogP contribution in [0.3, 0.4) is 0 Å². The van der Waals surface area contributed by atoms with E-state index in [1.807, 2.05) is 25.4 Å². The number of ether oxygens (including phenoxy) is 2. The zero-order valence-electron chi connectivity index (χ0n) is 16.9. The van der Waals surface area contributed by atoms with Gasteiger partial charge in [-0.3, -0.25) is 9.59 Å². The van der Waals surface area contributed by atoms with Gasteiger partial charge < -0.3 is 23.5 Å². The monoisotopic (exact) mass is 395 g/mol. The molecule has 7 heteroatoms. The quantitative estimate of drug-likeness (QED) is 0.681. The summed E-state index contributed by atoms with van der Waals surface area (Å²) in [6.07, 6.45) is 5.14. The highest BCUT2D eigenvalue weighted by Crippen LogP contribution is 2.29. The van der Waals surface area contributed by atoms with Crippen LogP contribution in [-0.4, -0.2) is 46.2 Å². The van der Waals surface area contributed by atoms with Crippen molar-refractivity contribution in [1.29, 1.82) is 0 Å². The Labute approximate surface area is 169 Å². The first-order chi connectivity index (χ1) is 14.0. The molecule has 0 unspecified atom stereocenters. The topological polar surface area (TPSA) is 65.7 Å². The molecule has 0 bridgehead atoms. The van der Waals surface area contributed by atoms with Gasteiger partial charge >= 0.3 is 0 Å². The van der Waals surface area contributed by atoms with Gasteiger partial charge in [-0.05, 0) is 18.2 Å². The summed E-state index contributed by atoms with van der Waals surface area (Å²) in [5, 5.41) is 1.10. The Hall–Kier alpha value is -3.22. The summed E-state index contributed by atoms with van der Waals surface area (Å²) in [5.41, 5.74) is 1.33. The molecule has 29 heavy (non-hydrogen) atoms. The molecule has 1 fully saturated rings. The first-order valence-electron chi connectivity index (χ1n) is 9.72. The van der Waals surface area contributed by atoms with Crippen LogP contribution in [0.15, 0.2) is 47.5 Å². The van der Waals surface area contributed by atoms with Gasteiger partial charge in [0.25, 0.3) is 11.5 Å². The van der Waals surface area contributed by atoms with Gasteiger partial charge in [0.05, 0.1) is 18.2 Å². The number of carbonyl (C=O) groups excluding carboxylic acids is 1. The maximum Gasteiger partial charge on any atom is 0.259 e. The molecule has 3 aromatic rings. The van der Waals surface area contributed by atoms with Crippen molar-refractivity contribution in [3.8, 4) is 11.5 Å². The number of piperidine rings is 1. The minimum atomic E-state index is -0.208. The lowest BCUT2D eigenvalue weighted by molar-refractivity contribution is 0.0594. The summed E-state index contributed by atoms with van der Waals surface area (Å²) in [5.74, 6) is 1.07. The van der Waals surface area contributed by atoms with Gasteiger partial charge in [-0.15, -0.1) is 0 Å². The van der Waals surface area contributed by atoms with Gasteiger partial charge in [0.1, 0.15) is 17.6 Å². The number of hydrogen-bond donors (Lipinski definition) is 0. The smallest absolute Gasteiger partial charge is 0.259 e. The van der Waals surface area contributed by atoms with E-state index in [0.29, 0.717) is 24.4 Å². The maximum absolute atomic E-state index is 13.0. The fraction of sp³-hybridized carbons (Fsp3) is 0.364. The molecule has 1 aliphatic rings. The van der Waals surface area contributed by atoms with Crippen molar-refractivity contribution < 1.29 is 14.3 Å². The molecule has 1 saturated heterocycles. The summed E-state index contributed by atoms with van der Waals surface area (Å²) in [4.78, 5) is 26.6. The van der Waals surface area contributed by atoms with E-state index in [1.165, 1.54) is 17.7 Å². The molecule has 0 aliphatic carbocycles. The Morgan fingerprint density at radius 2 is 1.83 bits per heavy atom. The second kappa shape index (κ2) is 7.66. The Morgan fingerprint density at radius 3 is 2.55 bits per heavy atom. The number of hydrogen-bond acceptors (Lipinski definition) is 4. The number of methoxy groups -OCH3 is 1. The van der Waals surface area contributed by atoms with Crippen LogP contribution < -0.4 is 15.0 Å². The molecule has 3 heterocycles. The average Bonchev–Trinajstić information content (AvgIpc) is 3.12. The van der Waals surface area contributed by atoms with Gasteiger partial charge in [0, 0.05) is 63.9 Å². The minimum Gasteiger partial charge on any atom is -0.496 e. The van der Waals surface area contributed by atoms with E-state index in [0.717, 1.165) is 29.5 Å². The summed E-state index contributed by atoms with van der Waals surface area (Å²) in [6, 6.07) is 9.49. The number of rotatable bonds is 4. The van der Waals surface area contributed by atoms with Crippen molar-refractivity contribution in [3.05, 3.63) is 58.6 Å². The summed E-state index contributed by atoms with van der Waals surface area (Å²) >= 11 is 0. The molecule has 0 spiro atoms. The molecule has 1 amide bonds. The van der Waals surface area contributed by atoms with Crippen molar-refractivity contribution in [1.82, 2.24) is 14.0 Å². The van der Waals surface area contributed by atoms with Crippen LogP contribution in [0.4, 0.5) is 0 Å². The van der Waals surface area contributed by atoms with E-state index in [-0.39, 0.29) is 17.6 Å². The Balaban J connectivity index is 1.45. The fourth-order valence-electron chi connectivity index (χ4n) is 3.85. The number of nitrogens with zero attached hydrogens (tertiary/aromatic N) is 3. The lowest BCUT2D eigenvalue weighted by Crippen LogP contribution is -2.42. The fourth-order valence-corrected chi connectivity index (χ4v) is 3.85. The highest BCUT2D eigenvalue weighted by atomic mass is 16.5. The van der Waals surface area contributed by atoms with Crippen LogP contribution in [0.5, 0.6) is 11.5 Å². The van der Waals surface area contributed by atoms with Crippen LogP contribution in [0, 0.1) is 0 Å². The second-order valence-corrected chi connectivity index (χ2v) is 7.43. The van der Waals surface area contributed by atoms with Crippen LogP contribution in [0.2, 0.25) is 0 Å². The summed E-state index contributed by atoms with van der Waals surface area (Å²) in [7, 11) is 5.11. The summed E-state index contributed by atoms with van der Waals surface area (Å²) in [6.45, 7) is 1.19. The van der Waals surface area contributed by atoms with Gasteiger partial charge in [-0.1, -0.05) is 6.07 Å². The van der Waals surface area contributed by atoms with E-state index in [1.54, 1.807) is 18.1 Å². The van der Waals surface area contributed by atoms with Crippen LogP contribution in [-0.2, 0) is 14.1 Å². The third-order valence-corrected chi connectivity index (χ3v) is 5.55. The number of aryl methyl sites for hydroxylation is 2. The molecule has 0 N–H and O–H groups in total. The number of amides is 1. The van der Waals surface area contributed by atoms with E-state index in [2.05, 4.69) is 16.7 Å². The zero-order chi connectivity index (χ0) is 20.5. The van der Waals surface area contributed by atoms with Crippen LogP contribution >= 0.6 is 0 Å². The normalized spacial score (nSPS) is 14.9. The third kappa shape index (κ3) is 3.60. The average molecular weight is 395 g/mol. The first kappa shape index (κ1) is 19.1. The first-order valence-corrected chi connectivity index (χ1v) is 9.72. The lowest BCUT2D eigenvalue weighted by atomic mass is 10.1. The van der Waals surface area contributed by atoms with Gasteiger partial charge in [0.2, 0.25) is 0 Å². The van der Waals surface area contributed by atoms with Crippen molar-refractivity contribution in [2.75, 3.05) is 20.2 Å². The number of fused-ring (bicyclic) bond motifs is 1. The third-order valence-electron chi connectivity index (χ3n) is 5.55. The molecule has 1 aliphatic heterocycles. The Bertz CT molecular complexity index is 1110. The largest absolute Gasteiger partial charge is 0.496 e. The number of benzene rings is 1. The predicted octanol–water partition coefficient (Wildman–Crippen LogP) is 2.57. The number of carbonyl (C=O) groups is 1. The predicted molar refractivity (Wildman–Crippen MR) is 111 cm³/mol. The van der Waals surface area contributed by atoms with Crippen LogP contribution in [0.1, 0.15) is 23.2 Å². The minimum absolute atomic E-state index is 0.0619. The number of pyridine rings is 1. The number of likely N-dealkylation sites (tertiary alicyclic amines) is 1. The molecule has 7 nitrogen and oxygen atoms in total. The number of aromatic nitrogens is 2. The molecule has 1 aromatic carbocycles. The SMILES string of the molecule is COc1cc(=O)n(C)cc1C(=O)N1CCC(Oc2cccc3c2ccn3C)CC1. The Morgan fingerprint density at radius 1 is 1.07 bits per heavy atom. The van der Waals surface area contributed by atoms with Crippen molar-refractivity contribution in [3.63, 3.8) is 0 Å². The summed E-state index contributed by atoms with van der Waals surface area (Å²) < 4.78 is 15.0. The van der Waals surface area contributed by atoms with Gasteiger partial charge in [-0.2, -0.15) is 0 Å². The Kier molecular flexibility index (Phi) is 5.05. The molecule has 0 atom stereocenters. The van der Waals surface area contributed by atoms with E-state index in [4.69, 9.17) is 9.47 Å². The molecule has 2 aromatic heterocycles. The maximum atomic E-state index is 13.0. The van der Waals surface area contributed by atoms with E-state index >= 15 is 0 Å². The molecular formula is C22H25N3O4. The van der Waals surface area contributed by atoms with Crippen LogP contribution in [0.25, 0.3) is 10.9 Å². The molecule has 4 rings (SSSR count). The van der Waals surface area contributed by atoms with E-state index in [9.17, 15) is 9.59 Å². The standard InChI is InChI=1S/C22H25N3O4/c1-23-10-9-16-18(23)5-4-6-19(16)29-15-7-11-25(12-8-15)22(27)17-14-24(2)21(26)13-20(17)28-3/h4-6,9-10,13-15H,7-8,11-12H2,1-3H3. The highest BCUT2D eigenvalue weighted by molar-refractivity contribution is 5.96. The highest BCUT2D eigenvalue weighted by Gasteiger charge is 2.27. The van der Waals surface area contributed by atoms with Crippen molar-refractivity contribution >= 4 is 16.8 Å². The van der Waals surface area contributed by atoms with Crippen molar-refractivity contribution in [2.24, 2.45) is 14.1 Å². The van der Waals surface area contributed by atoms with Crippen molar-refractivity contribution in [2.45, 2.75) is 18.9 Å². The lowest BCUT2D eigenvalue weighted by Gasteiger charge is -2.32. The van der Waals surface area contributed by atoms with Gasteiger partial charge in [-0.25, -0.2) is 0 Å². The molecule has 0 radical (unpaired) electrons. The molecule has 152 valence electrons. The molecule has 0 saturated carbocycles. The second-order valence-electron chi connectivity index (χ2n) is 7.43.